The fraction of sp³-hybridized carbons (Fsp3) is 0.391. The number of urea groups is 1. The van der Waals surface area contributed by atoms with Crippen LogP contribution in [0.1, 0.15) is 24.8 Å². The minimum Gasteiger partial charge on any atom is -0.356 e. The quantitative estimate of drug-likeness (QED) is 0.138. The molecule has 2 aromatic rings. The third-order valence-corrected chi connectivity index (χ3v) is 6.05. The highest BCUT2D eigenvalue weighted by Gasteiger charge is 2.17. The van der Waals surface area contributed by atoms with Gasteiger partial charge in [0.25, 0.3) is 0 Å². The van der Waals surface area contributed by atoms with Gasteiger partial charge in [-0.05, 0) is 67.0 Å². The number of carbonyl (C=O) groups excluding carboxylic acids is 1. The van der Waals surface area contributed by atoms with Gasteiger partial charge < -0.3 is 20.9 Å². The number of nitrogens with zero attached hydrogens (tertiary/aromatic N) is 2. The summed E-state index contributed by atoms with van der Waals surface area (Å²) in [6.45, 7) is 3.06. The number of guanidine groups is 1. The lowest BCUT2D eigenvalue weighted by Crippen LogP contribution is -2.37. The highest BCUT2D eigenvalue weighted by Crippen LogP contribution is 2.18. The Bertz CT molecular complexity index is 875. The minimum absolute atomic E-state index is 0. The van der Waals surface area contributed by atoms with Crippen LogP contribution >= 0.6 is 35.7 Å². The van der Waals surface area contributed by atoms with Crippen LogP contribution in [0.2, 0.25) is 0 Å². The zero-order chi connectivity index (χ0) is 21.9. The van der Waals surface area contributed by atoms with Crippen LogP contribution in [0.4, 0.5) is 14.9 Å². The first-order chi connectivity index (χ1) is 15.1. The normalized spacial score (nSPS) is 13.4. The van der Waals surface area contributed by atoms with Crippen LogP contribution in [0.15, 0.2) is 58.4 Å². The van der Waals surface area contributed by atoms with Gasteiger partial charge in [0.05, 0.1) is 0 Å². The topological polar surface area (TPSA) is 68.8 Å². The molecule has 1 fully saturated rings. The molecule has 0 atom stereocenters. The van der Waals surface area contributed by atoms with Gasteiger partial charge in [-0.25, -0.2) is 9.18 Å². The first-order valence-electron chi connectivity index (χ1n) is 10.6. The number of halogens is 2. The Hall–Kier alpha value is -2.01. The van der Waals surface area contributed by atoms with Crippen molar-refractivity contribution in [3.63, 3.8) is 0 Å². The van der Waals surface area contributed by atoms with Gasteiger partial charge in [0, 0.05) is 43.8 Å². The van der Waals surface area contributed by atoms with Crippen LogP contribution in [0.3, 0.4) is 0 Å². The molecular weight excluding hydrogens is 540 g/mol. The summed E-state index contributed by atoms with van der Waals surface area (Å²) in [5, 5.41) is 9.59. The Kier molecular flexibility index (Phi) is 11.6. The Morgan fingerprint density at radius 2 is 1.88 bits per heavy atom. The maximum absolute atomic E-state index is 12.9. The molecule has 6 nitrogen and oxygen atoms in total. The molecule has 1 saturated heterocycles. The Morgan fingerprint density at radius 1 is 1.12 bits per heavy atom. The molecule has 0 saturated carbocycles. The molecule has 3 N–H and O–H groups in total. The second-order valence-corrected chi connectivity index (χ2v) is 8.50. The van der Waals surface area contributed by atoms with Crippen LogP contribution in [-0.4, -0.2) is 49.3 Å². The van der Waals surface area contributed by atoms with Crippen molar-refractivity contribution in [2.75, 3.05) is 37.8 Å². The average molecular weight is 572 g/mol. The molecule has 0 spiro atoms. The zero-order valence-electron chi connectivity index (χ0n) is 18.3. The highest BCUT2D eigenvalue weighted by molar-refractivity contribution is 14.0. The van der Waals surface area contributed by atoms with Crippen molar-refractivity contribution in [1.29, 1.82) is 0 Å². The van der Waals surface area contributed by atoms with Gasteiger partial charge in [0.1, 0.15) is 5.82 Å². The summed E-state index contributed by atoms with van der Waals surface area (Å²) in [4.78, 5) is 19.5. The number of benzene rings is 2. The van der Waals surface area contributed by atoms with Crippen molar-refractivity contribution in [2.45, 2.75) is 30.7 Å². The van der Waals surface area contributed by atoms with E-state index < -0.39 is 0 Å². The largest absolute Gasteiger partial charge is 0.356 e. The lowest BCUT2D eigenvalue weighted by Gasteiger charge is -2.17. The molecule has 3 rings (SSSR count). The van der Waals surface area contributed by atoms with Crippen molar-refractivity contribution in [3.8, 4) is 0 Å². The summed E-state index contributed by atoms with van der Waals surface area (Å²) in [6, 6.07) is 14.4. The smallest absolute Gasteiger partial charge is 0.321 e. The molecule has 1 aliphatic rings. The van der Waals surface area contributed by atoms with E-state index in [-0.39, 0.29) is 35.8 Å². The third kappa shape index (κ3) is 8.85. The minimum atomic E-state index is -0.208. The standard InChI is InChI=1S/C23H30FN5OS.HI/c1-25-22(26-12-5-15-31-21-10-8-19(24)9-11-21)27-17-18-6-4-7-20(16-18)28-23(30)29-13-2-3-14-29;/h4,6-11,16H,2-3,5,12-15,17H2,1H3,(H,28,30)(H2,25,26,27);1H. The van der Waals surface area contributed by atoms with E-state index in [2.05, 4.69) is 20.9 Å². The van der Waals surface area contributed by atoms with Crippen molar-refractivity contribution < 1.29 is 9.18 Å². The van der Waals surface area contributed by atoms with Gasteiger partial charge in [-0.2, -0.15) is 0 Å². The average Bonchev–Trinajstić information content (AvgIpc) is 3.32. The van der Waals surface area contributed by atoms with Gasteiger partial charge >= 0.3 is 6.03 Å². The molecule has 0 aromatic heterocycles. The number of likely N-dealkylation sites (tertiary alicyclic amines) is 1. The Balaban J connectivity index is 0.00000363. The van der Waals surface area contributed by atoms with Crippen LogP contribution in [0, 0.1) is 5.82 Å². The molecule has 174 valence electrons. The van der Waals surface area contributed by atoms with Crippen molar-refractivity contribution in [2.24, 2.45) is 4.99 Å². The van der Waals surface area contributed by atoms with Gasteiger partial charge in [-0.3, -0.25) is 4.99 Å². The molecule has 0 unspecified atom stereocenters. The number of thioether (sulfide) groups is 1. The second kappa shape index (κ2) is 14.2. The number of carbonyl (C=O) groups is 1. The fourth-order valence-electron chi connectivity index (χ4n) is 3.29. The van der Waals surface area contributed by atoms with Gasteiger partial charge in [0.15, 0.2) is 5.96 Å². The molecule has 2 aromatic carbocycles. The van der Waals surface area contributed by atoms with E-state index in [4.69, 9.17) is 0 Å². The number of rotatable bonds is 8. The molecular formula is C23H31FIN5OS. The maximum atomic E-state index is 12.9. The molecule has 1 aliphatic heterocycles. The van der Waals surface area contributed by atoms with Crippen LogP contribution in [0.25, 0.3) is 0 Å². The van der Waals surface area contributed by atoms with Crippen molar-refractivity contribution in [1.82, 2.24) is 15.5 Å². The highest BCUT2D eigenvalue weighted by atomic mass is 127. The number of aliphatic imine (C=N–C) groups is 1. The molecule has 0 aliphatic carbocycles. The molecule has 9 heteroatoms. The van der Waals surface area contributed by atoms with E-state index >= 15 is 0 Å². The van der Waals surface area contributed by atoms with Gasteiger partial charge in [-0.1, -0.05) is 12.1 Å². The summed E-state index contributed by atoms with van der Waals surface area (Å²) in [6.07, 6.45) is 3.11. The summed E-state index contributed by atoms with van der Waals surface area (Å²) in [5.74, 6) is 1.47. The molecule has 32 heavy (non-hydrogen) atoms. The van der Waals surface area contributed by atoms with Crippen molar-refractivity contribution >= 4 is 53.4 Å². The van der Waals surface area contributed by atoms with E-state index in [1.165, 1.54) is 12.1 Å². The van der Waals surface area contributed by atoms with E-state index in [9.17, 15) is 9.18 Å². The Labute approximate surface area is 210 Å². The van der Waals surface area contributed by atoms with E-state index in [0.29, 0.717) is 6.54 Å². The van der Waals surface area contributed by atoms with Crippen LogP contribution < -0.4 is 16.0 Å². The number of anilines is 1. The predicted molar refractivity (Wildman–Crippen MR) is 142 cm³/mol. The molecule has 2 amide bonds. The maximum Gasteiger partial charge on any atom is 0.321 e. The van der Waals surface area contributed by atoms with E-state index in [1.54, 1.807) is 30.9 Å². The number of nitrogens with one attached hydrogen (secondary N) is 3. The number of hydrogen-bond acceptors (Lipinski definition) is 3. The molecule has 1 heterocycles. The van der Waals surface area contributed by atoms with Crippen LogP contribution in [-0.2, 0) is 6.54 Å². The SMILES string of the molecule is CN=C(NCCCSc1ccc(F)cc1)NCc1cccc(NC(=O)N2CCCC2)c1.I. The van der Waals surface area contributed by atoms with Gasteiger partial charge in [-0.15, -0.1) is 35.7 Å². The number of amides is 2. The third-order valence-electron chi connectivity index (χ3n) is 4.95. The summed E-state index contributed by atoms with van der Waals surface area (Å²) >= 11 is 1.71. The number of hydrogen-bond donors (Lipinski definition) is 3. The van der Waals surface area contributed by atoms with Gasteiger partial charge in [0.2, 0.25) is 0 Å². The first kappa shape index (κ1) is 26.2. The van der Waals surface area contributed by atoms with E-state index in [1.807, 2.05) is 29.2 Å². The lowest BCUT2D eigenvalue weighted by atomic mass is 10.2. The second-order valence-electron chi connectivity index (χ2n) is 7.33. The molecule has 0 radical (unpaired) electrons. The summed E-state index contributed by atoms with van der Waals surface area (Å²) in [7, 11) is 1.75. The zero-order valence-corrected chi connectivity index (χ0v) is 21.4. The predicted octanol–water partition coefficient (Wildman–Crippen LogP) is 4.92. The Morgan fingerprint density at radius 3 is 2.59 bits per heavy atom. The summed E-state index contributed by atoms with van der Waals surface area (Å²) in [5.41, 5.74) is 1.87. The van der Waals surface area contributed by atoms with Crippen molar-refractivity contribution in [3.05, 3.63) is 59.9 Å². The van der Waals surface area contributed by atoms with E-state index in [0.717, 1.165) is 66.8 Å². The summed E-state index contributed by atoms with van der Waals surface area (Å²) < 4.78 is 12.9. The fourth-order valence-corrected chi connectivity index (χ4v) is 4.14. The lowest BCUT2D eigenvalue weighted by molar-refractivity contribution is 0.222. The monoisotopic (exact) mass is 571 g/mol. The molecule has 0 bridgehead atoms. The first-order valence-corrected chi connectivity index (χ1v) is 11.6. The van der Waals surface area contributed by atoms with Crippen LogP contribution in [0.5, 0.6) is 0 Å².